The Kier molecular flexibility index (Phi) is 5.69. The Morgan fingerprint density at radius 1 is 1.13 bits per heavy atom. The van der Waals surface area contributed by atoms with Crippen molar-refractivity contribution in [2.45, 2.75) is 13.5 Å². The third kappa shape index (κ3) is 4.07. The smallest absolute Gasteiger partial charge is 0.270 e. The Bertz CT molecular complexity index is 1080. The van der Waals surface area contributed by atoms with Crippen LogP contribution in [0.3, 0.4) is 0 Å². The average molecular weight is 443 g/mol. The molecule has 2 saturated heterocycles. The molecule has 31 heavy (non-hydrogen) atoms. The van der Waals surface area contributed by atoms with E-state index < -0.39 is 0 Å². The number of para-hydroxylation sites is 1. The lowest BCUT2D eigenvalue weighted by atomic mass is 10.2. The van der Waals surface area contributed by atoms with Crippen molar-refractivity contribution in [3.05, 3.63) is 52.3 Å². The number of piperazine rings is 1. The van der Waals surface area contributed by atoms with Crippen LogP contribution in [-0.4, -0.2) is 73.2 Å². The fourth-order valence-corrected chi connectivity index (χ4v) is 5.53. The summed E-state index contributed by atoms with van der Waals surface area (Å²) in [6.07, 6.45) is 0. The number of halogens is 1. The van der Waals surface area contributed by atoms with Gasteiger partial charge in [-0.25, -0.2) is 4.39 Å². The second-order valence-electron chi connectivity index (χ2n) is 8.18. The van der Waals surface area contributed by atoms with E-state index in [0.717, 1.165) is 43.1 Å². The number of nitrogens with zero attached hydrogens (tertiary/aromatic N) is 3. The van der Waals surface area contributed by atoms with Gasteiger partial charge in [0.1, 0.15) is 11.5 Å². The van der Waals surface area contributed by atoms with E-state index in [1.54, 1.807) is 23.5 Å². The van der Waals surface area contributed by atoms with Crippen molar-refractivity contribution in [3.63, 3.8) is 0 Å². The summed E-state index contributed by atoms with van der Waals surface area (Å²) in [4.78, 5) is 24.1. The fourth-order valence-electron chi connectivity index (χ4n) is 4.46. The van der Waals surface area contributed by atoms with Crippen molar-refractivity contribution in [2.75, 3.05) is 57.4 Å². The molecule has 0 unspecified atom stereocenters. The molecular weight excluding hydrogens is 415 g/mol. The van der Waals surface area contributed by atoms with Gasteiger partial charge in [0.05, 0.1) is 29.1 Å². The summed E-state index contributed by atoms with van der Waals surface area (Å²) in [5.74, 6) is -0.193. The second kappa shape index (κ2) is 8.61. The third-order valence-electron chi connectivity index (χ3n) is 6.25. The van der Waals surface area contributed by atoms with Gasteiger partial charge in [-0.15, -0.1) is 11.3 Å². The zero-order valence-corrected chi connectivity index (χ0v) is 18.5. The van der Waals surface area contributed by atoms with Crippen molar-refractivity contribution < 1.29 is 13.9 Å². The van der Waals surface area contributed by atoms with E-state index in [1.165, 1.54) is 16.5 Å². The number of benzene rings is 1. The summed E-state index contributed by atoms with van der Waals surface area (Å²) < 4.78 is 20.7. The van der Waals surface area contributed by atoms with Crippen LogP contribution in [0.5, 0.6) is 0 Å². The summed E-state index contributed by atoms with van der Waals surface area (Å²) in [5.41, 5.74) is 3.62. The van der Waals surface area contributed by atoms with Gasteiger partial charge < -0.3 is 19.5 Å². The Balaban J connectivity index is 1.28. The zero-order chi connectivity index (χ0) is 21.4. The molecule has 2 aliphatic heterocycles. The lowest BCUT2D eigenvalue weighted by Crippen LogP contribution is -2.49. The highest BCUT2D eigenvalue weighted by molar-refractivity contribution is 7.19. The minimum Gasteiger partial charge on any atom is -0.379 e. The Morgan fingerprint density at radius 2 is 1.87 bits per heavy atom. The molecule has 6 nitrogen and oxygen atoms in total. The molecule has 0 bridgehead atoms. The van der Waals surface area contributed by atoms with Crippen LogP contribution < -0.4 is 4.90 Å². The Morgan fingerprint density at radius 3 is 2.61 bits per heavy atom. The lowest BCUT2D eigenvalue weighted by molar-refractivity contribution is 0.0343. The molecule has 0 atom stereocenters. The van der Waals surface area contributed by atoms with E-state index in [0.29, 0.717) is 37.6 Å². The van der Waals surface area contributed by atoms with Crippen LogP contribution in [-0.2, 0) is 11.3 Å². The van der Waals surface area contributed by atoms with Gasteiger partial charge in [-0.2, -0.15) is 0 Å². The number of thiophene rings is 1. The molecular formula is C23H27FN4O2S. The number of fused-ring (bicyclic) bond motifs is 1. The summed E-state index contributed by atoms with van der Waals surface area (Å²) in [5, 5.41) is 0. The standard InChI is InChI=1S/C23H27FN4O2S/c1-16-17(15-26-10-12-30-13-11-26)22-21(31-16)14-19(25-22)23(29)28-8-6-27(7-9-28)20-5-3-2-4-18(20)24/h2-5,14,25H,6-13,15H2,1H3. The molecule has 2 aromatic heterocycles. The van der Waals surface area contributed by atoms with Crippen molar-refractivity contribution in [2.24, 2.45) is 0 Å². The average Bonchev–Trinajstić information content (AvgIpc) is 3.33. The predicted molar refractivity (Wildman–Crippen MR) is 122 cm³/mol. The number of amides is 1. The molecule has 2 aliphatic rings. The van der Waals surface area contributed by atoms with Crippen LogP contribution in [0.1, 0.15) is 20.9 Å². The van der Waals surface area contributed by atoms with Crippen molar-refractivity contribution >= 4 is 33.1 Å². The lowest BCUT2D eigenvalue weighted by Gasteiger charge is -2.36. The molecule has 2 fully saturated rings. The molecule has 0 spiro atoms. The van der Waals surface area contributed by atoms with Crippen molar-refractivity contribution in [1.29, 1.82) is 0 Å². The van der Waals surface area contributed by atoms with E-state index in [2.05, 4.69) is 16.8 Å². The van der Waals surface area contributed by atoms with Gasteiger partial charge in [0.25, 0.3) is 5.91 Å². The number of carbonyl (C=O) groups is 1. The molecule has 1 amide bonds. The van der Waals surface area contributed by atoms with Gasteiger partial charge >= 0.3 is 0 Å². The summed E-state index contributed by atoms with van der Waals surface area (Å²) >= 11 is 1.74. The molecule has 3 aromatic rings. The Hall–Kier alpha value is -2.42. The summed E-state index contributed by atoms with van der Waals surface area (Å²) in [7, 11) is 0. The van der Waals surface area contributed by atoms with E-state index in [1.807, 2.05) is 21.9 Å². The van der Waals surface area contributed by atoms with Crippen LogP contribution in [0.2, 0.25) is 0 Å². The van der Waals surface area contributed by atoms with E-state index in [9.17, 15) is 9.18 Å². The topological polar surface area (TPSA) is 51.8 Å². The highest BCUT2D eigenvalue weighted by Crippen LogP contribution is 2.33. The maximum absolute atomic E-state index is 14.1. The Labute approximate surface area is 185 Å². The maximum atomic E-state index is 14.1. The molecule has 164 valence electrons. The van der Waals surface area contributed by atoms with Crippen LogP contribution >= 0.6 is 11.3 Å². The molecule has 0 radical (unpaired) electrons. The SMILES string of the molecule is Cc1sc2cc(C(=O)N3CCN(c4ccccc4F)CC3)[nH]c2c1CN1CCOCC1. The molecule has 1 N–H and O–H groups in total. The number of aromatic amines is 1. The number of H-pyrrole nitrogens is 1. The number of anilines is 1. The first-order chi connectivity index (χ1) is 15.1. The van der Waals surface area contributed by atoms with Gasteiger partial charge in [-0.1, -0.05) is 12.1 Å². The van der Waals surface area contributed by atoms with Crippen LogP contribution in [0, 0.1) is 12.7 Å². The van der Waals surface area contributed by atoms with Gasteiger partial charge in [0.2, 0.25) is 0 Å². The number of morpholine rings is 1. The number of hydrogen-bond donors (Lipinski definition) is 1. The van der Waals surface area contributed by atoms with Crippen LogP contribution in [0.15, 0.2) is 30.3 Å². The van der Waals surface area contributed by atoms with Gasteiger partial charge in [0.15, 0.2) is 0 Å². The van der Waals surface area contributed by atoms with Gasteiger partial charge in [-0.05, 0) is 25.1 Å². The minimum atomic E-state index is -0.213. The first-order valence-electron chi connectivity index (χ1n) is 10.8. The van der Waals surface area contributed by atoms with E-state index >= 15 is 0 Å². The quantitative estimate of drug-likeness (QED) is 0.672. The monoisotopic (exact) mass is 442 g/mol. The third-order valence-corrected chi connectivity index (χ3v) is 7.34. The fraction of sp³-hybridized carbons (Fsp3) is 0.435. The zero-order valence-electron chi connectivity index (χ0n) is 17.7. The van der Waals surface area contributed by atoms with E-state index in [4.69, 9.17) is 4.74 Å². The van der Waals surface area contributed by atoms with Gasteiger partial charge in [-0.3, -0.25) is 9.69 Å². The number of aromatic nitrogens is 1. The minimum absolute atomic E-state index is 0.0200. The van der Waals surface area contributed by atoms with Crippen molar-refractivity contribution in [3.8, 4) is 0 Å². The second-order valence-corrected chi connectivity index (χ2v) is 9.43. The van der Waals surface area contributed by atoms with Crippen LogP contribution in [0.4, 0.5) is 10.1 Å². The van der Waals surface area contributed by atoms with Crippen molar-refractivity contribution in [1.82, 2.24) is 14.8 Å². The number of ether oxygens (including phenoxy) is 1. The summed E-state index contributed by atoms with van der Waals surface area (Å²) in [6, 6.07) is 8.81. The largest absolute Gasteiger partial charge is 0.379 e. The highest BCUT2D eigenvalue weighted by atomic mass is 32.1. The molecule has 0 aliphatic carbocycles. The molecule has 1 aromatic carbocycles. The first-order valence-corrected chi connectivity index (χ1v) is 11.6. The molecule has 8 heteroatoms. The first kappa shape index (κ1) is 20.5. The van der Waals surface area contributed by atoms with Gasteiger partial charge in [0, 0.05) is 56.3 Å². The number of hydrogen-bond acceptors (Lipinski definition) is 5. The maximum Gasteiger partial charge on any atom is 0.270 e. The van der Waals surface area contributed by atoms with E-state index in [-0.39, 0.29) is 11.7 Å². The molecule has 4 heterocycles. The number of aryl methyl sites for hydroxylation is 1. The number of rotatable bonds is 4. The molecule has 5 rings (SSSR count). The number of nitrogens with one attached hydrogen (secondary N) is 1. The summed E-state index contributed by atoms with van der Waals surface area (Å²) in [6.45, 7) is 8.89. The molecule has 0 saturated carbocycles. The highest BCUT2D eigenvalue weighted by Gasteiger charge is 2.26. The van der Waals surface area contributed by atoms with Crippen LogP contribution in [0.25, 0.3) is 10.2 Å². The number of carbonyl (C=O) groups excluding carboxylic acids is 1. The predicted octanol–water partition coefficient (Wildman–Crippen LogP) is 3.47. The normalized spacial score (nSPS) is 18.1.